The molecule has 0 bridgehead atoms. The number of hydrogen-bond donors (Lipinski definition) is 0. The molecule has 134 valence electrons. The Balaban J connectivity index is 0. The van der Waals surface area contributed by atoms with Crippen molar-refractivity contribution >= 4 is 11.9 Å². The third-order valence-corrected chi connectivity index (χ3v) is 3.25. The summed E-state index contributed by atoms with van der Waals surface area (Å²) in [5, 5.41) is 0. The van der Waals surface area contributed by atoms with Crippen molar-refractivity contribution in [1.29, 1.82) is 0 Å². The first kappa shape index (κ1) is 23.7. The molecule has 0 heterocycles. The van der Waals surface area contributed by atoms with Gasteiger partial charge in [-0.15, -0.1) is 0 Å². The highest BCUT2D eigenvalue weighted by molar-refractivity contribution is 5.86. The molecule has 1 unspecified atom stereocenters. The van der Waals surface area contributed by atoms with Gasteiger partial charge in [-0.05, 0) is 25.7 Å². The Kier molecular flexibility index (Phi) is 17.3. The van der Waals surface area contributed by atoms with E-state index >= 15 is 0 Å². The zero-order valence-electron chi connectivity index (χ0n) is 15.4. The monoisotopic (exact) mass is 326 g/mol. The lowest BCUT2D eigenvalue weighted by atomic mass is 10.0. The average Bonchev–Trinajstić information content (AvgIpc) is 2.55. The minimum atomic E-state index is -0.330. The van der Waals surface area contributed by atoms with Crippen molar-refractivity contribution in [3.8, 4) is 0 Å². The predicted molar refractivity (Wildman–Crippen MR) is 95.1 cm³/mol. The fourth-order valence-electron chi connectivity index (χ4n) is 1.59. The molecular formula is C19H34O4. The maximum atomic E-state index is 11.1. The van der Waals surface area contributed by atoms with Gasteiger partial charge in [0, 0.05) is 11.6 Å². The van der Waals surface area contributed by atoms with Gasteiger partial charge in [-0.3, -0.25) is 0 Å². The first-order valence-electron chi connectivity index (χ1n) is 8.54. The summed E-state index contributed by atoms with van der Waals surface area (Å²) in [6.07, 6.45) is 7.79. The van der Waals surface area contributed by atoms with E-state index in [0.717, 1.165) is 25.7 Å². The molecule has 0 saturated heterocycles. The number of carbonyl (C=O) groups is 2. The molecule has 0 aromatic rings. The van der Waals surface area contributed by atoms with Crippen LogP contribution in [0.25, 0.3) is 0 Å². The van der Waals surface area contributed by atoms with E-state index in [-0.39, 0.29) is 11.9 Å². The Morgan fingerprint density at radius 3 is 2.13 bits per heavy atom. The van der Waals surface area contributed by atoms with Crippen LogP contribution in [-0.4, -0.2) is 25.2 Å². The van der Waals surface area contributed by atoms with E-state index in [1.54, 1.807) is 6.92 Å². The molecule has 0 aliphatic carbocycles. The van der Waals surface area contributed by atoms with Crippen molar-refractivity contribution in [1.82, 2.24) is 0 Å². The quantitative estimate of drug-likeness (QED) is 0.310. The number of rotatable bonds is 11. The lowest BCUT2D eigenvalue weighted by Crippen LogP contribution is -2.14. The van der Waals surface area contributed by atoms with E-state index in [4.69, 9.17) is 4.74 Å². The second kappa shape index (κ2) is 16.8. The van der Waals surface area contributed by atoms with E-state index in [0.29, 0.717) is 24.7 Å². The highest BCUT2D eigenvalue weighted by Crippen LogP contribution is 2.13. The molecule has 23 heavy (non-hydrogen) atoms. The van der Waals surface area contributed by atoms with Gasteiger partial charge < -0.3 is 9.47 Å². The normalized spacial score (nSPS) is 10.8. The standard InChI is InChI=1S/C12H22O2.C7H12O2/c1-5-7-8-11(6-2)9-14-12(13)10(3)4;1-3-5-6-9-7(8)4-2/h11H,3,5-9H2,1-2,4H3;4H,2-3,5-6H2,1H3. The van der Waals surface area contributed by atoms with Crippen molar-refractivity contribution in [3.63, 3.8) is 0 Å². The van der Waals surface area contributed by atoms with Crippen LogP contribution in [0.4, 0.5) is 0 Å². The molecule has 1 atom stereocenters. The van der Waals surface area contributed by atoms with E-state index in [1.165, 1.54) is 18.9 Å². The molecule has 0 amide bonds. The van der Waals surface area contributed by atoms with Crippen LogP contribution in [0.5, 0.6) is 0 Å². The molecule has 0 fully saturated rings. The van der Waals surface area contributed by atoms with E-state index in [1.807, 2.05) is 6.92 Å². The van der Waals surface area contributed by atoms with Gasteiger partial charge in [0.1, 0.15) is 0 Å². The number of carbonyl (C=O) groups excluding carboxylic acids is 2. The predicted octanol–water partition coefficient (Wildman–Crippen LogP) is 4.84. The molecule has 0 aliphatic rings. The third kappa shape index (κ3) is 16.6. The van der Waals surface area contributed by atoms with Crippen LogP contribution < -0.4 is 0 Å². The van der Waals surface area contributed by atoms with Crippen molar-refractivity contribution < 1.29 is 19.1 Å². The highest BCUT2D eigenvalue weighted by Gasteiger charge is 2.09. The van der Waals surface area contributed by atoms with Gasteiger partial charge in [0.15, 0.2) is 0 Å². The van der Waals surface area contributed by atoms with Crippen LogP contribution in [0.15, 0.2) is 24.8 Å². The third-order valence-electron chi connectivity index (χ3n) is 3.25. The minimum Gasteiger partial charge on any atom is -0.463 e. The lowest BCUT2D eigenvalue weighted by molar-refractivity contribution is -0.140. The SMILES string of the molecule is C=C(C)C(=O)OCC(CC)CCCC.C=CC(=O)OCCCC. The van der Waals surface area contributed by atoms with Gasteiger partial charge in [0.25, 0.3) is 0 Å². The minimum absolute atomic E-state index is 0.264. The summed E-state index contributed by atoms with van der Waals surface area (Å²) in [5.74, 6) is -0.0818. The van der Waals surface area contributed by atoms with Crippen molar-refractivity contribution in [2.24, 2.45) is 5.92 Å². The summed E-state index contributed by atoms with van der Waals surface area (Å²) in [4.78, 5) is 21.5. The molecular weight excluding hydrogens is 292 g/mol. The van der Waals surface area contributed by atoms with Gasteiger partial charge in [-0.2, -0.15) is 0 Å². The molecule has 0 aromatic heterocycles. The van der Waals surface area contributed by atoms with Crippen molar-refractivity contribution in [3.05, 3.63) is 24.8 Å². The summed E-state index contributed by atoms with van der Waals surface area (Å²) >= 11 is 0. The van der Waals surface area contributed by atoms with Crippen molar-refractivity contribution in [2.45, 2.75) is 66.2 Å². The summed E-state index contributed by atoms with van der Waals surface area (Å²) in [6.45, 7) is 15.9. The average molecular weight is 326 g/mol. The number of esters is 2. The van der Waals surface area contributed by atoms with E-state index < -0.39 is 0 Å². The molecule has 0 aromatic carbocycles. The topological polar surface area (TPSA) is 52.6 Å². The van der Waals surface area contributed by atoms with Crippen LogP contribution in [0.2, 0.25) is 0 Å². The number of hydrogen-bond acceptors (Lipinski definition) is 4. The zero-order chi connectivity index (χ0) is 18.1. The van der Waals surface area contributed by atoms with Crippen molar-refractivity contribution in [2.75, 3.05) is 13.2 Å². The molecule has 0 aliphatic heterocycles. The molecule has 4 heteroatoms. The maximum absolute atomic E-state index is 11.1. The summed E-state index contributed by atoms with van der Waals surface area (Å²) in [5.41, 5.74) is 0.482. The Morgan fingerprint density at radius 1 is 1.09 bits per heavy atom. The van der Waals surface area contributed by atoms with Crippen LogP contribution in [0.1, 0.15) is 66.2 Å². The second-order valence-corrected chi connectivity index (χ2v) is 5.52. The van der Waals surface area contributed by atoms with E-state index in [2.05, 4.69) is 31.7 Å². The summed E-state index contributed by atoms with van der Waals surface area (Å²) in [7, 11) is 0. The van der Waals surface area contributed by atoms with Crippen LogP contribution in [0, 0.1) is 5.92 Å². The van der Waals surface area contributed by atoms with Crippen LogP contribution >= 0.6 is 0 Å². The Morgan fingerprint density at radius 2 is 1.70 bits per heavy atom. The maximum Gasteiger partial charge on any atom is 0.333 e. The first-order chi connectivity index (χ1) is 10.9. The highest BCUT2D eigenvalue weighted by atomic mass is 16.5. The number of ether oxygens (including phenoxy) is 2. The molecule has 0 N–H and O–H groups in total. The van der Waals surface area contributed by atoms with Gasteiger partial charge >= 0.3 is 11.9 Å². The van der Waals surface area contributed by atoms with Crippen LogP contribution in [0.3, 0.4) is 0 Å². The number of unbranched alkanes of at least 4 members (excludes halogenated alkanes) is 2. The smallest absolute Gasteiger partial charge is 0.333 e. The van der Waals surface area contributed by atoms with Gasteiger partial charge in [0.2, 0.25) is 0 Å². The lowest BCUT2D eigenvalue weighted by Gasteiger charge is -2.14. The Hall–Kier alpha value is -1.58. The molecule has 0 saturated carbocycles. The summed E-state index contributed by atoms with van der Waals surface area (Å²) in [6, 6.07) is 0. The van der Waals surface area contributed by atoms with Crippen LogP contribution in [-0.2, 0) is 19.1 Å². The molecule has 0 spiro atoms. The molecule has 4 nitrogen and oxygen atoms in total. The first-order valence-corrected chi connectivity index (χ1v) is 8.54. The van der Waals surface area contributed by atoms with E-state index in [9.17, 15) is 9.59 Å². The fraction of sp³-hybridized carbons (Fsp3) is 0.684. The largest absolute Gasteiger partial charge is 0.463 e. The van der Waals surface area contributed by atoms with Gasteiger partial charge in [0.05, 0.1) is 13.2 Å². The van der Waals surface area contributed by atoms with Gasteiger partial charge in [-0.25, -0.2) is 9.59 Å². The molecule has 0 radical (unpaired) electrons. The molecule has 0 rings (SSSR count). The van der Waals surface area contributed by atoms with Gasteiger partial charge in [-0.1, -0.05) is 59.6 Å². The Bertz CT molecular complexity index is 347. The zero-order valence-corrected chi connectivity index (χ0v) is 15.4. The summed E-state index contributed by atoms with van der Waals surface area (Å²) < 4.78 is 9.79. The fourth-order valence-corrected chi connectivity index (χ4v) is 1.59. The second-order valence-electron chi connectivity index (χ2n) is 5.52. The Labute approximate surface area is 141 Å².